The van der Waals surface area contributed by atoms with E-state index < -0.39 is 0 Å². The summed E-state index contributed by atoms with van der Waals surface area (Å²) in [6.45, 7) is 0.841. The SMILES string of the molecule is Cn1cc(C(=O)NC2CCn3nccc3C2)nn1. The Balaban J connectivity index is 1.66. The van der Waals surface area contributed by atoms with Crippen LogP contribution in [0.2, 0.25) is 0 Å². The minimum absolute atomic E-state index is 0.142. The van der Waals surface area contributed by atoms with Gasteiger partial charge in [-0.15, -0.1) is 5.10 Å². The summed E-state index contributed by atoms with van der Waals surface area (Å²) in [5.41, 5.74) is 1.52. The minimum Gasteiger partial charge on any atom is -0.347 e. The van der Waals surface area contributed by atoms with E-state index in [1.165, 1.54) is 4.68 Å². The number of rotatable bonds is 2. The van der Waals surface area contributed by atoms with Crippen molar-refractivity contribution in [1.82, 2.24) is 30.1 Å². The van der Waals surface area contributed by atoms with Gasteiger partial charge in [-0.25, -0.2) is 0 Å². The fraction of sp³-hybridized carbons (Fsp3) is 0.455. The standard InChI is InChI=1S/C11H14N6O/c1-16-7-10(14-15-16)11(18)13-8-3-5-17-9(6-8)2-4-12-17/h2,4,7-8H,3,5-6H2,1H3,(H,13,18). The first-order chi connectivity index (χ1) is 8.72. The highest BCUT2D eigenvalue weighted by Gasteiger charge is 2.21. The highest BCUT2D eigenvalue weighted by molar-refractivity contribution is 5.92. The van der Waals surface area contributed by atoms with Gasteiger partial charge in [0.1, 0.15) is 0 Å². The van der Waals surface area contributed by atoms with Crippen LogP contribution in [0.4, 0.5) is 0 Å². The van der Waals surface area contributed by atoms with Crippen molar-refractivity contribution in [2.75, 3.05) is 0 Å². The average molecular weight is 246 g/mol. The van der Waals surface area contributed by atoms with Crippen molar-refractivity contribution in [2.24, 2.45) is 7.05 Å². The van der Waals surface area contributed by atoms with Gasteiger partial charge in [-0.1, -0.05) is 5.21 Å². The van der Waals surface area contributed by atoms with E-state index in [-0.39, 0.29) is 11.9 Å². The van der Waals surface area contributed by atoms with E-state index in [1.807, 2.05) is 10.7 Å². The van der Waals surface area contributed by atoms with Gasteiger partial charge in [0.25, 0.3) is 5.91 Å². The Morgan fingerprint density at radius 2 is 2.44 bits per heavy atom. The molecule has 94 valence electrons. The van der Waals surface area contributed by atoms with Gasteiger partial charge in [-0.05, 0) is 12.5 Å². The van der Waals surface area contributed by atoms with E-state index in [2.05, 4.69) is 20.7 Å². The van der Waals surface area contributed by atoms with Crippen molar-refractivity contribution in [1.29, 1.82) is 0 Å². The van der Waals surface area contributed by atoms with Crippen LogP contribution in [-0.2, 0) is 20.0 Å². The van der Waals surface area contributed by atoms with E-state index >= 15 is 0 Å². The predicted octanol–water partition coefficient (Wildman–Crippen LogP) is -0.244. The molecule has 0 radical (unpaired) electrons. The second kappa shape index (κ2) is 4.25. The number of hydrogen-bond acceptors (Lipinski definition) is 4. The van der Waals surface area contributed by atoms with Gasteiger partial charge in [0, 0.05) is 37.9 Å². The lowest BCUT2D eigenvalue weighted by Gasteiger charge is -2.23. The van der Waals surface area contributed by atoms with Crippen LogP contribution in [0, 0.1) is 0 Å². The van der Waals surface area contributed by atoms with Crippen LogP contribution in [-0.4, -0.2) is 36.7 Å². The maximum absolute atomic E-state index is 11.9. The normalized spacial score (nSPS) is 18.4. The van der Waals surface area contributed by atoms with E-state index in [1.54, 1.807) is 19.4 Å². The lowest BCUT2D eigenvalue weighted by molar-refractivity contribution is 0.0925. The Bertz CT molecular complexity index is 572. The molecule has 1 atom stereocenters. The molecular formula is C11H14N6O. The number of carbonyl (C=O) groups excluding carboxylic acids is 1. The molecule has 7 heteroatoms. The number of aryl methyl sites for hydroxylation is 2. The highest BCUT2D eigenvalue weighted by Crippen LogP contribution is 2.14. The molecule has 1 unspecified atom stereocenters. The monoisotopic (exact) mass is 246 g/mol. The number of carbonyl (C=O) groups is 1. The molecule has 1 amide bonds. The van der Waals surface area contributed by atoms with Crippen molar-refractivity contribution in [3.05, 3.63) is 29.8 Å². The van der Waals surface area contributed by atoms with Gasteiger partial charge < -0.3 is 5.32 Å². The Morgan fingerprint density at radius 3 is 3.22 bits per heavy atom. The smallest absolute Gasteiger partial charge is 0.273 e. The number of amides is 1. The summed E-state index contributed by atoms with van der Waals surface area (Å²) in [5, 5.41) is 14.7. The van der Waals surface area contributed by atoms with Crippen LogP contribution < -0.4 is 5.32 Å². The average Bonchev–Trinajstić information content (AvgIpc) is 2.96. The van der Waals surface area contributed by atoms with Gasteiger partial charge in [0.2, 0.25) is 0 Å². The summed E-state index contributed by atoms with van der Waals surface area (Å²) in [4.78, 5) is 11.9. The third-order valence-electron chi connectivity index (χ3n) is 3.12. The molecule has 0 bridgehead atoms. The fourth-order valence-electron chi connectivity index (χ4n) is 2.20. The molecule has 2 aromatic rings. The zero-order valence-corrected chi connectivity index (χ0v) is 10.1. The number of hydrogen-bond donors (Lipinski definition) is 1. The molecule has 18 heavy (non-hydrogen) atoms. The van der Waals surface area contributed by atoms with Gasteiger partial charge in [-0.2, -0.15) is 5.10 Å². The van der Waals surface area contributed by atoms with E-state index in [4.69, 9.17) is 0 Å². The molecule has 0 aromatic carbocycles. The zero-order chi connectivity index (χ0) is 12.5. The van der Waals surface area contributed by atoms with Crippen LogP contribution in [0.25, 0.3) is 0 Å². The topological polar surface area (TPSA) is 77.6 Å². The largest absolute Gasteiger partial charge is 0.347 e. The number of fused-ring (bicyclic) bond motifs is 1. The summed E-state index contributed by atoms with van der Waals surface area (Å²) in [7, 11) is 1.74. The molecule has 1 N–H and O–H groups in total. The number of nitrogens with zero attached hydrogens (tertiary/aromatic N) is 5. The Morgan fingerprint density at radius 1 is 1.56 bits per heavy atom. The van der Waals surface area contributed by atoms with Crippen LogP contribution in [0.15, 0.2) is 18.5 Å². The number of nitrogens with one attached hydrogen (secondary N) is 1. The molecule has 3 heterocycles. The highest BCUT2D eigenvalue weighted by atomic mass is 16.2. The summed E-state index contributed by atoms with van der Waals surface area (Å²) < 4.78 is 3.50. The lowest BCUT2D eigenvalue weighted by Crippen LogP contribution is -2.40. The molecule has 0 spiro atoms. The first kappa shape index (κ1) is 10.9. The third kappa shape index (κ3) is 1.99. The zero-order valence-electron chi connectivity index (χ0n) is 10.1. The first-order valence-corrected chi connectivity index (χ1v) is 5.90. The van der Waals surface area contributed by atoms with Crippen molar-refractivity contribution in [3.63, 3.8) is 0 Å². The Hall–Kier alpha value is -2.18. The molecule has 0 saturated heterocycles. The van der Waals surface area contributed by atoms with Gasteiger partial charge >= 0.3 is 0 Å². The third-order valence-corrected chi connectivity index (χ3v) is 3.12. The van der Waals surface area contributed by atoms with Gasteiger partial charge in [0.05, 0.1) is 6.20 Å². The van der Waals surface area contributed by atoms with Gasteiger partial charge in [-0.3, -0.25) is 14.2 Å². The maximum atomic E-state index is 11.9. The van der Waals surface area contributed by atoms with Crippen LogP contribution in [0.3, 0.4) is 0 Å². The predicted molar refractivity (Wildman–Crippen MR) is 62.8 cm³/mol. The summed E-state index contributed by atoms with van der Waals surface area (Å²) in [6, 6.07) is 2.13. The van der Waals surface area contributed by atoms with E-state index in [9.17, 15) is 4.79 Å². The van der Waals surface area contributed by atoms with Crippen LogP contribution in [0.1, 0.15) is 22.6 Å². The van der Waals surface area contributed by atoms with E-state index in [0.29, 0.717) is 5.69 Å². The molecule has 1 aliphatic rings. The molecule has 2 aromatic heterocycles. The van der Waals surface area contributed by atoms with Crippen molar-refractivity contribution >= 4 is 5.91 Å². The molecule has 0 saturated carbocycles. The van der Waals surface area contributed by atoms with Gasteiger partial charge in [0.15, 0.2) is 5.69 Å². The Kier molecular flexibility index (Phi) is 2.58. The molecule has 1 aliphatic heterocycles. The maximum Gasteiger partial charge on any atom is 0.273 e. The first-order valence-electron chi connectivity index (χ1n) is 5.90. The van der Waals surface area contributed by atoms with E-state index in [0.717, 1.165) is 25.1 Å². The minimum atomic E-state index is -0.166. The Labute approximate surface area is 104 Å². The van der Waals surface area contributed by atoms with Crippen molar-refractivity contribution in [3.8, 4) is 0 Å². The molecule has 0 fully saturated rings. The van der Waals surface area contributed by atoms with Crippen molar-refractivity contribution in [2.45, 2.75) is 25.4 Å². The van der Waals surface area contributed by atoms with Crippen LogP contribution in [0.5, 0.6) is 0 Å². The second-order valence-corrected chi connectivity index (χ2v) is 4.49. The molecule has 7 nitrogen and oxygen atoms in total. The summed E-state index contributed by atoms with van der Waals surface area (Å²) >= 11 is 0. The second-order valence-electron chi connectivity index (χ2n) is 4.49. The number of aromatic nitrogens is 5. The van der Waals surface area contributed by atoms with Crippen molar-refractivity contribution < 1.29 is 4.79 Å². The molecule has 0 aliphatic carbocycles. The quantitative estimate of drug-likeness (QED) is 0.793. The van der Waals surface area contributed by atoms with Crippen LogP contribution >= 0.6 is 0 Å². The summed E-state index contributed by atoms with van der Waals surface area (Å²) in [5.74, 6) is -0.166. The lowest BCUT2D eigenvalue weighted by atomic mass is 10.0. The molecule has 3 rings (SSSR count). The summed E-state index contributed by atoms with van der Waals surface area (Å²) in [6.07, 6.45) is 5.11. The fourth-order valence-corrected chi connectivity index (χ4v) is 2.20. The molecular weight excluding hydrogens is 232 g/mol.